The number of hydrogen-bond acceptors (Lipinski definition) is 6. The quantitative estimate of drug-likeness (QED) is 0.0782. The zero-order valence-corrected chi connectivity index (χ0v) is 29.9. The minimum atomic E-state index is -6.10. The number of fused-ring (bicyclic) bond motifs is 2. The van der Waals surface area contributed by atoms with Crippen molar-refractivity contribution in [1.82, 2.24) is 5.32 Å². The molecule has 5 aromatic rings. The van der Waals surface area contributed by atoms with Crippen molar-refractivity contribution >= 4 is 64.7 Å². The molecule has 296 valence electrons. The average Bonchev–Trinajstić information content (AvgIpc) is 3.62. The van der Waals surface area contributed by atoms with Crippen LogP contribution in [0.25, 0.3) is 12.2 Å². The van der Waals surface area contributed by atoms with Gasteiger partial charge in [-0.3, -0.25) is 34.1 Å². The van der Waals surface area contributed by atoms with E-state index in [0.717, 1.165) is 5.56 Å². The Bertz CT molecular complexity index is 2600. The second-order valence-corrected chi connectivity index (χ2v) is 13.2. The van der Waals surface area contributed by atoms with Gasteiger partial charge in [0.1, 0.15) is 0 Å². The van der Waals surface area contributed by atoms with Gasteiger partial charge < -0.3 is 10.6 Å². The lowest BCUT2D eigenvalue weighted by Crippen LogP contribution is -2.55. The summed E-state index contributed by atoms with van der Waals surface area (Å²) >= 11 is 0. The van der Waals surface area contributed by atoms with Gasteiger partial charge in [-0.25, -0.2) is 4.90 Å². The molecule has 3 N–H and O–H groups in total. The zero-order chi connectivity index (χ0) is 42.3. The number of imide groups is 2. The molecule has 0 bridgehead atoms. The highest BCUT2D eigenvalue weighted by atomic mass is 19.4. The summed E-state index contributed by atoms with van der Waals surface area (Å²) in [6, 6.07) is 24.0. The molecule has 0 atom stereocenters. The average molecular weight is 809 g/mol. The summed E-state index contributed by atoms with van der Waals surface area (Å²) in [4.78, 5) is 76.5. The molecular formula is C43H26F6N4O6. The van der Waals surface area contributed by atoms with Crippen molar-refractivity contribution in [1.29, 1.82) is 0 Å². The van der Waals surface area contributed by atoms with Crippen molar-refractivity contribution in [3.8, 4) is 0 Å². The van der Waals surface area contributed by atoms with E-state index >= 15 is 0 Å². The van der Waals surface area contributed by atoms with Crippen molar-refractivity contribution in [3.63, 3.8) is 0 Å². The number of halogens is 6. The summed E-state index contributed by atoms with van der Waals surface area (Å²) < 4.78 is 89.5. The first-order valence-electron chi connectivity index (χ1n) is 17.4. The van der Waals surface area contributed by atoms with E-state index in [0.29, 0.717) is 52.5 Å². The number of anilines is 3. The Hall–Kier alpha value is -7.62. The van der Waals surface area contributed by atoms with Crippen LogP contribution in [-0.2, 0) is 15.0 Å². The first kappa shape index (κ1) is 39.6. The van der Waals surface area contributed by atoms with Crippen molar-refractivity contribution in [2.45, 2.75) is 17.8 Å². The Kier molecular flexibility index (Phi) is 10.1. The Balaban J connectivity index is 1.05. The fourth-order valence-corrected chi connectivity index (χ4v) is 6.74. The lowest BCUT2D eigenvalue weighted by atomic mass is 9.71. The first-order chi connectivity index (χ1) is 28.0. The lowest BCUT2D eigenvalue weighted by Gasteiger charge is -2.38. The molecule has 0 aromatic heterocycles. The largest absolute Gasteiger partial charge is 0.411 e. The Morgan fingerprint density at radius 2 is 0.983 bits per heavy atom. The predicted molar refractivity (Wildman–Crippen MR) is 203 cm³/mol. The summed E-state index contributed by atoms with van der Waals surface area (Å²) in [7, 11) is 0. The molecule has 0 saturated heterocycles. The maximum absolute atomic E-state index is 14.9. The van der Waals surface area contributed by atoms with Gasteiger partial charge in [0.25, 0.3) is 23.6 Å². The van der Waals surface area contributed by atoms with Crippen LogP contribution in [0.4, 0.5) is 43.4 Å². The lowest BCUT2D eigenvalue weighted by molar-refractivity contribution is -0.288. The summed E-state index contributed by atoms with van der Waals surface area (Å²) in [6.45, 7) is 0. The van der Waals surface area contributed by atoms with Gasteiger partial charge in [0.2, 0.25) is 17.2 Å². The molecule has 16 heteroatoms. The molecule has 0 aliphatic carbocycles. The molecule has 0 unspecified atom stereocenters. The van der Waals surface area contributed by atoms with Crippen molar-refractivity contribution in [2.24, 2.45) is 0 Å². The molecule has 59 heavy (non-hydrogen) atoms. The van der Waals surface area contributed by atoms with Gasteiger partial charge in [0.15, 0.2) is 0 Å². The van der Waals surface area contributed by atoms with Crippen LogP contribution in [-0.4, -0.2) is 47.8 Å². The fraction of sp³-hybridized carbons (Fsp3) is 0.0698. The molecule has 0 saturated carbocycles. The van der Waals surface area contributed by atoms with E-state index in [4.69, 9.17) is 0 Å². The van der Waals surface area contributed by atoms with Crippen LogP contribution in [0.2, 0.25) is 0 Å². The first-order valence-corrected chi connectivity index (χ1v) is 17.4. The van der Waals surface area contributed by atoms with Crippen LogP contribution in [0.3, 0.4) is 0 Å². The van der Waals surface area contributed by atoms with E-state index in [2.05, 4.69) is 10.6 Å². The zero-order valence-electron chi connectivity index (χ0n) is 29.9. The third kappa shape index (κ3) is 7.38. The number of alkyl halides is 6. The maximum Gasteiger partial charge on any atom is 0.411 e. The highest BCUT2D eigenvalue weighted by Gasteiger charge is 2.73. The molecule has 10 nitrogen and oxygen atoms in total. The minimum Gasteiger partial charge on any atom is -0.323 e. The third-order valence-electron chi connectivity index (χ3n) is 9.56. The Labute approximate surface area is 329 Å². The van der Waals surface area contributed by atoms with E-state index in [1.54, 1.807) is 54.6 Å². The van der Waals surface area contributed by atoms with E-state index in [9.17, 15) is 55.1 Å². The summed E-state index contributed by atoms with van der Waals surface area (Å²) in [5.74, 6) is -5.27. The molecule has 6 amide bonds. The Morgan fingerprint density at radius 1 is 0.525 bits per heavy atom. The van der Waals surface area contributed by atoms with Gasteiger partial charge in [-0.1, -0.05) is 54.6 Å². The van der Waals surface area contributed by atoms with Gasteiger partial charge in [-0.15, -0.1) is 0 Å². The highest BCUT2D eigenvalue weighted by molar-refractivity contribution is 6.34. The van der Waals surface area contributed by atoms with Crippen molar-refractivity contribution in [3.05, 3.63) is 172 Å². The number of hydrogen-bond donors (Lipinski definition) is 3. The highest BCUT2D eigenvalue weighted by Crippen LogP contribution is 2.57. The fourth-order valence-electron chi connectivity index (χ4n) is 6.74. The van der Waals surface area contributed by atoms with Gasteiger partial charge in [0.05, 0.1) is 27.9 Å². The Morgan fingerprint density at radius 3 is 1.51 bits per heavy atom. The third-order valence-corrected chi connectivity index (χ3v) is 9.56. The SMILES string of the molecule is O=C(/C=C/c1ccc(/C=C/C(=O)Nc2ccc(N3C(=O)c4ccc(C(c5ccc6c(c5)C(=O)NC6=O)(C(F)(F)F)C(F)(F)F)cc4C3=O)cc2)cc1)Nc1ccccc1. The topological polar surface area (TPSA) is 142 Å². The monoisotopic (exact) mass is 808 g/mol. The molecule has 5 aromatic carbocycles. The van der Waals surface area contributed by atoms with Crippen LogP contribution >= 0.6 is 0 Å². The molecule has 2 heterocycles. The predicted octanol–water partition coefficient (Wildman–Crippen LogP) is 8.09. The van der Waals surface area contributed by atoms with Gasteiger partial charge >= 0.3 is 12.4 Å². The molecule has 0 spiro atoms. The van der Waals surface area contributed by atoms with Gasteiger partial charge in [0, 0.05) is 23.5 Å². The molecule has 2 aliphatic rings. The summed E-state index contributed by atoms with van der Waals surface area (Å²) in [5, 5.41) is 7.15. The van der Waals surface area contributed by atoms with Crippen LogP contribution < -0.4 is 20.9 Å². The smallest absolute Gasteiger partial charge is 0.323 e. The van der Waals surface area contributed by atoms with Crippen molar-refractivity contribution < 1.29 is 55.1 Å². The van der Waals surface area contributed by atoms with Crippen LogP contribution in [0.15, 0.2) is 127 Å². The number of carbonyl (C=O) groups excluding carboxylic acids is 6. The summed E-state index contributed by atoms with van der Waals surface area (Å²) in [5.41, 5.74) is -7.80. The van der Waals surface area contributed by atoms with E-state index in [1.165, 1.54) is 42.5 Å². The molecule has 0 fully saturated rings. The van der Waals surface area contributed by atoms with Gasteiger partial charge in [-0.05, 0) is 95.1 Å². The van der Waals surface area contributed by atoms with Crippen LogP contribution in [0.5, 0.6) is 0 Å². The molecule has 2 aliphatic heterocycles. The number of nitrogens with zero attached hydrogens (tertiary/aromatic N) is 1. The number of para-hydroxylation sites is 1. The standard InChI is InChI=1S/C43H26F6N4O6/c44-42(45,46)41(43(47,48)49,26-12-18-31-33(22-26)38(57)52-37(31)56)27-13-19-32-34(23-27)40(59)53(39(32)58)30-16-14-29(15-17-30)51-36(55)21-11-25-8-6-24(7-9-25)10-20-35(54)50-28-4-2-1-3-5-28/h1-23H,(H,50,54)(H,51,55)(H,52,56,57)/b20-10+,21-11+. The van der Waals surface area contributed by atoms with Crippen LogP contribution in [0, 0.1) is 0 Å². The summed E-state index contributed by atoms with van der Waals surface area (Å²) in [6.07, 6.45) is -6.42. The molecular weight excluding hydrogens is 782 g/mol. The van der Waals surface area contributed by atoms with Crippen LogP contribution in [0.1, 0.15) is 63.7 Å². The number of carbonyl (C=O) groups is 6. The van der Waals surface area contributed by atoms with E-state index < -0.39 is 80.7 Å². The number of rotatable bonds is 9. The number of amides is 6. The maximum atomic E-state index is 14.9. The van der Waals surface area contributed by atoms with E-state index in [1.807, 2.05) is 11.4 Å². The number of benzene rings is 5. The normalized spacial score (nSPS) is 14.2. The number of nitrogens with one attached hydrogen (secondary N) is 3. The second kappa shape index (κ2) is 15.0. The van der Waals surface area contributed by atoms with Gasteiger partial charge in [-0.2, -0.15) is 26.3 Å². The van der Waals surface area contributed by atoms with Crippen molar-refractivity contribution in [2.75, 3.05) is 15.5 Å². The minimum absolute atomic E-state index is 0.0924. The molecule has 0 radical (unpaired) electrons. The second-order valence-electron chi connectivity index (χ2n) is 13.2. The van der Waals surface area contributed by atoms with E-state index in [-0.39, 0.29) is 17.3 Å². The molecule has 7 rings (SSSR count).